The van der Waals surface area contributed by atoms with Gasteiger partial charge < -0.3 is 0 Å². The van der Waals surface area contributed by atoms with Gasteiger partial charge in [-0.25, -0.2) is 0 Å². The van der Waals surface area contributed by atoms with Crippen LogP contribution >= 0.6 is 15.9 Å². The SMILES string of the molecule is C=CC1c2ccccc2-c2ccc(Br)cc21. The smallest absolute Gasteiger partial charge is 0.0279 e. The number of rotatable bonds is 1. The first-order valence-corrected chi connectivity index (χ1v) is 6.12. The lowest BCUT2D eigenvalue weighted by Crippen LogP contribution is -1.90. The maximum atomic E-state index is 3.95. The number of allylic oxidation sites excluding steroid dienone is 1. The molecule has 2 aromatic carbocycles. The van der Waals surface area contributed by atoms with Gasteiger partial charge in [-0.3, -0.25) is 0 Å². The fourth-order valence-electron chi connectivity index (χ4n) is 2.47. The average Bonchev–Trinajstić information content (AvgIpc) is 2.61. The van der Waals surface area contributed by atoms with Crippen molar-refractivity contribution in [2.45, 2.75) is 5.92 Å². The van der Waals surface area contributed by atoms with Gasteiger partial charge in [0.15, 0.2) is 0 Å². The highest BCUT2D eigenvalue weighted by Crippen LogP contribution is 2.45. The number of fused-ring (bicyclic) bond motifs is 3. The van der Waals surface area contributed by atoms with Gasteiger partial charge in [0.25, 0.3) is 0 Å². The lowest BCUT2D eigenvalue weighted by Gasteiger charge is -2.07. The molecule has 0 heterocycles. The van der Waals surface area contributed by atoms with Crippen LogP contribution < -0.4 is 0 Å². The molecule has 0 fully saturated rings. The van der Waals surface area contributed by atoms with Gasteiger partial charge in [-0.1, -0.05) is 52.3 Å². The third-order valence-electron chi connectivity index (χ3n) is 3.17. The zero-order valence-electron chi connectivity index (χ0n) is 8.78. The second-order valence-corrected chi connectivity index (χ2v) is 4.95. The van der Waals surface area contributed by atoms with E-state index in [0.29, 0.717) is 5.92 Å². The topological polar surface area (TPSA) is 0 Å². The summed E-state index contributed by atoms with van der Waals surface area (Å²) >= 11 is 3.53. The molecule has 0 nitrogen and oxygen atoms in total. The summed E-state index contributed by atoms with van der Waals surface area (Å²) in [7, 11) is 0. The van der Waals surface area contributed by atoms with E-state index in [1.54, 1.807) is 0 Å². The number of hydrogen-bond donors (Lipinski definition) is 0. The Morgan fingerprint density at radius 1 is 1.00 bits per heavy atom. The third-order valence-corrected chi connectivity index (χ3v) is 3.66. The number of hydrogen-bond acceptors (Lipinski definition) is 0. The monoisotopic (exact) mass is 270 g/mol. The van der Waals surface area contributed by atoms with Crippen LogP contribution in [0.1, 0.15) is 17.0 Å². The van der Waals surface area contributed by atoms with Crippen LogP contribution in [0.5, 0.6) is 0 Å². The van der Waals surface area contributed by atoms with E-state index >= 15 is 0 Å². The van der Waals surface area contributed by atoms with E-state index in [4.69, 9.17) is 0 Å². The summed E-state index contributed by atoms with van der Waals surface area (Å²) in [6, 6.07) is 15.0. The molecule has 0 aromatic heterocycles. The van der Waals surface area contributed by atoms with Crippen LogP contribution in [0.3, 0.4) is 0 Å². The van der Waals surface area contributed by atoms with Crippen molar-refractivity contribution in [3.8, 4) is 11.1 Å². The highest BCUT2D eigenvalue weighted by atomic mass is 79.9. The van der Waals surface area contributed by atoms with E-state index in [9.17, 15) is 0 Å². The largest absolute Gasteiger partial charge is 0.102 e. The number of halogens is 1. The molecule has 0 radical (unpaired) electrons. The second kappa shape index (κ2) is 3.60. The van der Waals surface area contributed by atoms with E-state index < -0.39 is 0 Å². The van der Waals surface area contributed by atoms with Crippen molar-refractivity contribution in [2.75, 3.05) is 0 Å². The molecule has 1 atom stereocenters. The maximum absolute atomic E-state index is 3.95. The van der Waals surface area contributed by atoms with Crippen LogP contribution in [-0.2, 0) is 0 Å². The van der Waals surface area contributed by atoms with Gasteiger partial charge in [-0.05, 0) is 34.4 Å². The van der Waals surface area contributed by atoms with Crippen molar-refractivity contribution in [1.82, 2.24) is 0 Å². The van der Waals surface area contributed by atoms with Crippen LogP contribution in [-0.4, -0.2) is 0 Å². The Labute approximate surface area is 104 Å². The third kappa shape index (κ3) is 1.28. The molecule has 1 heteroatoms. The van der Waals surface area contributed by atoms with E-state index in [2.05, 4.69) is 65.0 Å². The van der Waals surface area contributed by atoms with Gasteiger partial charge in [0.2, 0.25) is 0 Å². The molecule has 0 spiro atoms. The Morgan fingerprint density at radius 3 is 2.56 bits per heavy atom. The van der Waals surface area contributed by atoms with Gasteiger partial charge in [0, 0.05) is 10.4 Å². The normalized spacial score (nSPS) is 16.7. The molecule has 16 heavy (non-hydrogen) atoms. The minimum Gasteiger partial charge on any atom is -0.102 e. The molecule has 3 rings (SSSR count). The van der Waals surface area contributed by atoms with Crippen LogP contribution in [0.2, 0.25) is 0 Å². The van der Waals surface area contributed by atoms with Crippen LogP contribution in [0.25, 0.3) is 11.1 Å². The second-order valence-electron chi connectivity index (χ2n) is 4.03. The highest BCUT2D eigenvalue weighted by Gasteiger charge is 2.25. The van der Waals surface area contributed by atoms with E-state index in [0.717, 1.165) is 4.47 Å². The quantitative estimate of drug-likeness (QED) is 0.657. The summed E-state index contributed by atoms with van der Waals surface area (Å²) in [5, 5.41) is 0. The minimum atomic E-state index is 0.337. The van der Waals surface area contributed by atoms with Crippen molar-refractivity contribution >= 4 is 15.9 Å². The Bertz CT molecular complexity index is 569. The first kappa shape index (κ1) is 9.86. The fourth-order valence-corrected chi connectivity index (χ4v) is 2.85. The lowest BCUT2D eigenvalue weighted by molar-refractivity contribution is 1.07. The van der Waals surface area contributed by atoms with E-state index in [1.165, 1.54) is 22.3 Å². The van der Waals surface area contributed by atoms with Crippen molar-refractivity contribution in [1.29, 1.82) is 0 Å². The van der Waals surface area contributed by atoms with Crippen LogP contribution in [0.4, 0.5) is 0 Å². The molecule has 0 bridgehead atoms. The molecule has 2 aromatic rings. The van der Waals surface area contributed by atoms with Crippen molar-refractivity contribution in [3.05, 3.63) is 70.7 Å². The molecule has 1 aliphatic rings. The highest BCUT2D eigenvalue weighted by molar-refractivity contribution is 9.10. The summed E-state index contributed by atoms with van der Waals surface area (Å²) in [5.41, 5.74) is 5.40. The summed E-state index contributed by atoms with van der Waals surface area (Å²) in [6.45, 7) is 3.95. The van der Waals surface area contributed by atoms with E-state index in [-0.39, 0.29) is 0 Å². The van der Waals surface area contributed by atoms with Gasteiger partial charge in [-0.15, -0.1) is 6.58 Å². The van der Waals surface area contributed by atoms with Gasteiger partial charge in [-0.2, -0.15) is 0 Å². The summed E-state index contributed by atoms with van der Waals surface area (Å²) < 4.78 is 1.13. The summed E-state index contributed by atoms with van der Waals surface area (Å²) in [6.07, 6.45) is 2.02. The van der Waals surface area contributed by atoms with Crippen molar-refractivity contribution in [3.63, 3.8) is 0 Å². The Morgan fingerprint density at radius 2 is 1.75 bits per heavy atom. The molecular formula is C15H11Br. The Kier molecular flexibility index (Phi) is 2.22. The zero-order valence-corrected chi connectivity index (χ0v) is 10.4. The molecule has 0 amide bonds. The molecule has 1 unspecified atom stereocenters. The minimum absolute atomic E-state index is 0.337. The molecule has 78 valence electrons. The Balaban J connectivity index is 2.34. The van der Waals surface area contributed by atoms with E-state index in [1.807, 2.05) is 6.08 Å². The molecule has 0 saturated carbocycles. The van der Waals surface area contributed by atoms with Gasteiger partial charge >= 0.3 is 0 Å². The lowest BCUT2D eigenvalue weighted by atomic mass is 9.97. The molecule has 0 aliphatic heterocycles. The summed E-state index contributed by atoms with van der Waals surface area (Å²) in [4.78, 5) is 0. The molecule has 1 aliphatic carbocycles. The number of benzene rings is 2. The average molecular weight is 271 g/mol. The maximum Gasteiger partial charge on any atom is 0.0279 e. The van der Waals surface area contributed by atoms with Crippen LogP contribution in [0, 0.1) is 0 Å². The van der Waals surface area contributed by atoms with Gasteiger partial charge in [0.05, 0.1) is 0 Å². The Hall–Kier alpha value is -1.34. The summed E-state index contributed by atoms with van der Waals surface area (Å²) in [5.74, 6) is 0.337. The van der Waals surface area contributed by atoms with Crippen LogP contribution in [0.15, 0.2) is 59.6 Å². The van der Waals surface area contributed by atoms with Gasteiger partial charge in [0.1, 0.15) is 0 Å². The molecule has 0 saturated heterocycles. The van der Waals surface area contributed by atoms with Crippen molar-refractivity contribution in [2.24, 2.45) is 0 Å². The van der Waals surface area contributed by atoms with Crippen molar-refractivity contribution < 1.29 is 0 Å². The fraction of sp³-hybridized carbons (Fsp3) is 0.0667. The standard InChI is InChI=1S/C15H11Br/c1-2-11-12-5-3-4-6-13(12)14-8-7-10(16)9-15(11)14/h2-9,11H,1H2. The predicted octanol–water partition coefficient (Wildman–Crippen LogP) is 4.75. The molecular weight excluding hydrogens is 260 g/mol. The first-order chi connectivity index (χ1) is 7.81. The zero-order chi connectivity index (χ0) is 11.1. The first-order valence-electron chi connectivity index (χ1n) is 5.32. The molecule has 0 N–H and O–H groups in total. The predicted molar refractivity (Wildman–Crippen MR) is 71.6 cm³/mol.